The summed E-state index contributed by atoms with van der Waals surface area (Å²) in [5, 5.41) is 0.908. The molecule has 0 aliphatic heterocycles. The molecule has 0 aromatic heterocycles. The molecule has 1 atom stereocenters. The first-order valence-corrected chi connectivity index (χ1v) is 8.47. The van der Waals surface area contributed by atoms with E-state index >= 15 is 0 Å². The molecule has 0 spiro atoms. The first kappa shape index (κ1) is 14.5. The van der Waals surface area contributed by atoms with Gasteiger partial charge in [-0.1, -0.05) is 22.9 Å². The SMILES string of the molecule is CCC(CBr)COc1ccc(S(C)(=O)=O)cc1. The van der Waals surface area contributed by atoms with Crippen LogP contribution in [0, 0.1) is 5.92 Å². The van der Waals surface area contributed by atoms with Crippen molar-refractivity contribution in [3.05, 3.63) is 24.3 Å². The molecule has 0 N–H and O–H groups in total. The van der Waals surface area contributed by atoms with E-state index in [9.17, 15) is 8.42 Å². The molecule has 96 valence electrons. The van der Waals surface area contributed by atoms with Gasteiger partial charge < -0.3 is 4.74 Å². The fourth-order valence-electron chi connectivity index (χ4n) is 1.27. The van der Waals surface area contributed by atoms with Crippen LogP contribution in [0.1, 0.15) is 13.3 Å². The van der Waals surface area contributed by atoms with Gasteiger partial charge in [-0.15, -0.1) is 0 Å². The summed E-state index contributed by atoms with van der Waals surface area (Å²) in [4.78, 5) is 0.317. The average molecular weight is 321 g/mol. The number of benzene rings is 1. The lowest BCUT2D eigenvalue weighted by atomic mass is 10.1. The molecule has 1 aromatic carbocycles. The van der Waals surface area contributed by atoms with Crippen LogP contribution in [-0.4, -0.2) is 26.6 Å². The average Bonchev–Trinajstić information content (AvgIpc) is 2.30. The van der Waals surface area contributed by atoms with Crippen LogP contribution in [0.25, 0.3) is 0 Å². The van der Waals surface area contributed by atoms with E-state index in [4.69, 9.17) is 4.74 Å². The van der Waals surface area contributed by atoms with Crippen molar-refractivity contribution in [2.24, 2.45) is 5.92 Å². The highest BCUT2D eigenvalue weighted by Crippen LogP contribution is 2.17. The van der Waals surface area contributed by atoms with Crippen molar-refractivity contribution in [2.75, 3.05) is 18.2 Å². The highest BCUT2D eigenvalue weighted by Gasteiger charge is 2.08. The Kier molecular flexibility index (Phi) is 5.46. The van der Waals surface area contributed by atoms with Gasteiger partial charge in [0, 0.05) is 17.5 Å². The van der Waals surface area contributed by atoms with E-state index in [-0.39, 0.29) is 0 Å². The van der Waals surface area contributed by atoms with Crippen LogP contribution >= 0.6 is 15.9 Å². The van der Waals surface area contributed by atoms with Gasteiger partial charge >= 0.3 is 0 Å². The van der Waals surface area contributed by atoms with Gasteiger partial charge in [0.2, 0.25) is 0 Å². The van der Waals surface area contributed by atoms with E-state index in [1.54, 1.807) is 24.3 Å². The van der Waals surface area contributed by atoms with Crippen LogP contribution in [-0.2, 0) is 9.84 Å². The highest BCUT2D eigenvalue weighted by molar-refractivity contribution is 9.09. The fourth-order valence-corrected chi connectivity index (χ4v) is 2.54. The molecule has 1 aromatic rings. The number of hydrogen-bond acceptors (Lipinski definition) is 3. The minimum Gasteiger partial charge on any atom is -0.493 e. The zero-order chi connectivity index (χ0) is 12.9. The van der Waals surface area contributed by atoms with Crippen LogP contribution in [0.5, 0.6) is 5.75 Å². The van der Waals surface area contributed by atoms with E-state index in [0.717, 1.165) is 11.8 Å². The maximum absolute atomic E-state index is 11.3. The van der Waals surface area contributed by atoms with Crippen molar-refractivity contribution < 1.29 is 13.2 Å². The predicted octanol–water partition coefficient (Wildman–Crippen LogP) is 2.89. The summed E-state index contributed by atoms with van der Waals surface area (Å²) < 4.78 is 28.1. The molecule has 0 heterocycles. The molecule has 0 amide bonds. The van der Waals surface area contributed by atoms with Crippen molar-refractivity contribution in [2.45, 2.75) is 18.2 Å². The number of rotatable bonds is 6. The summed E-state index contributed by atoms with van der Waals surface area (Å²) in [7, 11) is -3.12. The maximum Gasteiger partial charge on any atom is 0.175 e. The Morgan fingerprint density at radius 2 is 1.88 bits per heavy atom. The third-order valence-electron chi connectivity index (χ3n) is 2.53. The smallest absolute Gasteiger partial charge is 0.175 e. The molecule has 0 aliphatic rings. The van der Waals surface area contributed by atoms with Crippen molar-refractivity contribution >= 4 is 25.8 Å². The van der Waals surface area contributed by atoms with Crippen LogP contribution in [0.15, 0.2) is 29.2 Å². The van der Waals surface area contributed by atoms with Crippen molar-refractivity contribution in [1.29, 1.82) is 0 Å². The lowest BCUT2D eigenvalue weighted by Gasteiger charge is -2.13. The Balaban J connectivity index is 2.63. The minimum atomic E-state index is -3.12. The van der Waals surface area contributed by atoms with Crippen LogP contribution in [0.3, 0.4) is 0 Å². The van der Waals surface area contributed by atoms with Gasteiger partial charge in [-0.3, -0.25) is 0 Å². The van der Waals surface area contributed by atoms with Gasteiger partial charge in [-0.25, -0.2) is 8.42 Å². The van der Waals surface area contributed by atoms with Crippen molar-refractivity contribution in [3.8, 4) is 5.75 Å². The minimum absolute atomic E-state index is 0.317. The second kappa shape index (κ2) is 6.40. The number of halogens is 1. The molecule has 0 saturated carbocycles. The van der Waals surface area contributed by atoms with E-state index in [1.165, 1.54) is 6.26 Å². The van der Waals surface area contributed by atoms with E-state index in [2.05, 4.69) is 22.9 Å². The van der Waals surface area contributed by atoms with Crippen molar-refractivity contribution in [3.63, 3.8) is 0 Å². The Hall–Kier alpha value is -0.550. The molecule has 0 fully saturated rings. The number of hydrogen-bond donors (Lipinski definition) is 0. The number of alkyl halides is 1. The van der Waals surface area contributed by atoms with Crippen molar-refractivity contribution in [1.82, 2.24) is 0 Å². The third kappa shape index (κ3) is 4.68. The van der Waals surface area contributed by atoms with Crippen LogP contribution < -0.4 is 4.74 Å². The monoisotopic (exact) mass is 320 g/mol. The van der Waals surface area contributed by atoms with Crippen LogP contribution in [0.4, 0.5) is 0 Å². The summed E-state index contributed by atoms with van der Waals surface area (Å²) in [5.41, 5.74) is 0. The predicted molar refractivity (Wildman–Crippen MR) is 72.6 cm³/mol. The first-order valence-electron chi connectivity index (χ1n) is 5.46. The van der Waals surface area contributed by atoms with E-state index < -0.39 is 9.84 Å². The number of sulfone groups is 1. The van der Waals surface area contributed by atoms with Crippen LogP contribution in [0.2, 0.25) is 0 Å². The van der Waals surface area contributed by atoms with Gasteiger partial charge in [0.25, 0.3) is 0 Å². The summed E-state index contributed by atoms with van der Waals surface area (Å²) in [6, 6.07) is 6.52. The van der Waals surface area contributed by atoms with E-state index in [1.807, 2.05) is 0 Å². The quantitative estimate of drug-likeness (QED) is 0.757. The molecule has 17 heavy (non-hydrogen) atoms. The van der Waals surface area contributed by atoms with Gasteiger partial charge in [0.15, 0.2) is 9.84 Å². The lowest BCUT2D eigenvalue weighted by Crippen LogP contribution is -2.12. The first-order chi connectivity index (χ1) is 7.97. The van der Waals surface area contributed by atoms with Gasteiger partial charge in [0.05, 0.1) is 11.5 Å². The highest BCUT2D eigenvalue weighted by atomic mass is 79.9. The second-order valence-electron chi connectivity index (χ2n) is 3.98. The molecule has 0 radical (unpaired) electrons. The molecule has 5 heteroatoms. The molecule has 1 unspecified atom stereocenters. The maximum atomic E-state index is 11.3. The normalized spacial score (nSPS) is 13.4. The largest absolute Gasteiger partial charge is 0.493 e. The Morgan fingerprint density at radius 3 is 2.29 bits per heavy atom. The summed E-state index contributed by atoms with van der Waals surface area (Å²) in [6.45, 7) is 2.75. The lowest BCUT2D eigenvalue weighted by molar-refractivity contribution is 0.260. The molecule has 0 bridgehead atoms. The third-order valence-corrected chi connectivity index (χ3v) is 4.58. The molecular weight excluding hydrogens is 304 g/mol. The van der Waals surface area contributed by atoms with Gasteiger partial charge in [-0.2, -0.15) is 0 Å². The molecule has 0 saturated heterocycles. The second-order valence-corrected chi connectivity index (χ2v) is 6.65. The fraction of sp³-hybridized carbons (Fsp3) is 0.500. The van der Waals surface area contributed by atoms with Gasteiger partial charge in [0.1, 0.15) is 5.75 Å². The Labute approximate surface area is 111 Å². The molecular formula is C12H17BrO3S. The standard InChI is InChI=1S/C12H17BrO3S/c1-3-10(8-13)9-16-11-4-6-12(7-5-11)17(2,14)15/h4-7,10H,3,8-9H2,1-2H3. The number of ether oxygens (including phenoxy) is 1. The summed E-state index contributed by atoms with van der Waals surface area (Å²) in [5.74, 6) is 1.18. The molecule has 1 rings (SSSR count). The van der Waals surface area contributed by atoms with Gasteiger partial charge in [-0.05, 0) is 30.7 Å². The zero-order valence-electron chi connectivity index (χ0n) is 10.0. The zero-order valence-corrected chi connectivity index (χ0v) is 12.4. The topological polar surface area (TPSA) is 43.4 Å². The van der Waals surface area contributed by atoms with E-state index in [0.29, 0.717) is 23.2 Å². The molecule has 3 nitrogen and oxygen atoms in total. The summed E-state index contributed by atoms with van der Waals surface area (Å²) >= 11 is 3.43. The summed E-state index contributed by atoms with van der Waals surface area (Å²) in [6.07, 6.45) is 2.24. The molecule has 0 aliphatic carbocycles. The Bertz CT molecular complexity index is 435. The Morgan fingerprint density at radius 1 is 1.29 bits per heavy atom.